The van der Waals surface area contributed by atoms with Crippen LogP contribution >= 0.6 is 11.6 Å². The van der Waals surface area contributed by atoms with Gasteiger partial charge in [0.05, 0.1) is 23.9 Å². The van der Waals surface area contributed by atoms with Gasteiger partial charge in [0.2, 0.25) is 0 Å². The Hall–Kier alpha value is -2.04. The molecule has 1 atom stereocenters. The number of hydrogen-bond donors (Lipinski definition) is 2. The van der Waals surface area contributed by atoms with Crippen molar-refractivity contribution in [3.63, 3.8) is 0 Å². The van der Waals surface area contributed by atoms with E-state index in [0.717, 1.165) is 5.56 Å². The zero-order valence-corrected chi connectivity index (χ0v) is 11.9. The quantitative estimate of drug-likeness (QED) is 0.914. The van der Waals surface area contributed by atoms with E-state index < -0.39 is 11.5 Å². The predicted octanol–water partition coefficient (Wildman–Crippen LogP) is 3.26. The van der Waals surface area contributed by atoms with Crippen LogP contribution in [0.3, 0.4) is 0 Å². The maximum atomic E-state index is 12.0. The predicted molar refractivity (Wildman–Crippen MR) is 80.5 cm³/mol. The van der Waals surface area contributed by atoms with Gasteiger partial charge < -0.3 is 15.2 Å². The number of carboxylic acids is 1. The molecule has 1 heterocycles. The number of benzene rings is 2. The van der Waals surface area contributed by atoms with Crippen molar-refractivity contribution in [2.45, 2.75) is 12.1 Å². The molecule has 5 heteroatoms. The molecule has 0 spiro atoms. The number of ether oxygens (including phenoxy) is 1. The molecular weight excluding hydrogens is 290 g/mol. The summed E-state index contributed by atoms with van der Waals surface area (Å²) in [6, 6.07) is 14.5. The average molecular weight is 304 g/mol. The van der Waals surface area contributed by atoms with Gasteiger partial charge in [0.15, 0.2) is 5.54 Å². The molecule has 0 fully saturated rings. The van der Waals surface area contributed by atoms with Crippen molar-refractivity contribution < 1.29 is 14.6 Å². The van der Waals surface area contributed by atoms with Crippen LogP contribution in [0.5, 0.6) is 0 Å². The van der Waals surface area contributed by atoms with Crippen LogP contribution in [-0.2, 0) is 21.7 Å². The first-order valence-corrected chi connectivity index (χ1v) is 6.93. The van der Waals surface area contributed by atoms with Crippen molar-refractivity contribution in [1.82, 2.24) is 0 Å². The third-order valence-electron chi connectivity index (χ3n) is 3.64. The number of nitrogens with one attached hydrogen (secondary N) is 1. The molecule has 1 aliphatic rings. The van der Waals surface area contributed by atoms with Crippen LogP contribution in [0.25, 0.3) is 0 Å². The lowest BCUT2D eigenvalue weighted by molar-refractivity contribution is -0.146. The van der Waals surface area contributed by atoms with E-state index in [0.29, 0.717) is 22.9 Å². The van der Waals surface area contributed by atoms with Gasteiger partial charge in [-0.15, -0.1) is 0 Å². The molecule has 1 unspecified atom stereocenters. The molecule has 0 aliphatic carbocycles. The first-order chi connectivity index (χ1) is 10.1. The van der Waals surface area contributed by atoms with Crippen molar-refractivity contribution in [2.75, 3.05) is 11.9 Å². The minimum absolute atomic E-state index is 0.0462. The minimum atomic E-state index is -1.33. The number of rotatable bonds is 3. The highest BCUT2D eigenvalue weighted by atomic mass is 35.5. The van der Waals surface area contributed by atoms with Gasteiger partial charge in [0.25, 0.3) is 0 Å². The van der Waals surface area contributed by atoms with E-state index in [4.69, 9.17) is 16.3 Å². The fourth-order valence-electron chi connectivity index (χ4n) is 2.58. The summed E-state index contributed by atoms with van der Waals surface area (Å²) in [4.78, 5) is 12.0. The summed E-state index contributed by atoms with van der Waals surface area (Å²) in [6.45, 7) is 0.458. The first kappa shape index (κ1) is 13.9. The maximum absolute atomic E-state index is 12.0. The van der Waals surface area contributed by atoms with E-state index >= 15 is 0 Å². The molecule has 0 saturated carbocycles. The van der Waals surface area contributed by atoms with Gasteiger partial charge in [-0.1, -0.05) is 48.0 Å². The maximum Gasteiger partial charge on any atom is 0.336 e. The molecule has 0 radical (unpaired) electrons. The SMILES string of the molecule is O=C(O)C1(Nc2ccccc2Cl)COCc2ccccc21. The standard InChI is InChI=1S/C16H14ClNO3/c17-13-7-3-4-8-14(13)18-16(15(19)20)10-21-9-11-5-1-2-6-12(11)16/h1-8,18H,9-10H2,(H,19,20). The topological polar surface area (TPSA) is 58.6 Å². The summed E-state index contributed by atoms with van der Waals surface area (Å²) in [5, 5.41) is 13.3. The molecule has 2 aromatic carbocycles. The summed E-state index contributed by atoms with van der Waals surface area (Å²) in [5.41, 5.74) is 0.816. The van der Waals surface area contributed by atoms with E-state index in [-0.39, 0.29) is 6.61 Å². The second-order valence-corrected chi connectivity index (χ2v) is 5.37. The lowest BCUT2D eigenvalue weighted by Crippen LogP contribution is -2.50. The van der Waals surface area contributed by atoms with Crippen LogP contribution in [0, 0.1) is 0 Å². The number of halogens is 1. The van der Waals surface area contributed by atoms with Crippen LogP contribution in [0.4, 0.5) is 5.69 Å². The summed E-state index contributed by atoms with van der Waals surface area (Å²) < 4.78 is 5.50. The lowest BCUT2D eigenvalue weighted by atomic mass is 9.85. The fourth-order valence-corrected chi connectivity index (χ4v) is 2.76. The summed E-state index contributed by atoms with van der Waals surface area (Å²) in [6.07, 6.45) is 0. The van der Waals surface area contributed by atoms with Crippen molar-refractivity contribution in [3.8, 4) is 0 Å². The van der Waals surface area contributed by atoms with Gasteiger partial charge in [-0.2, -0.15) is 0 Å². The van der Waals surface area contributed by atoms with Crippen LogP contribution in [-0.4, -0.2) is 17.7 Å². The average Bonchev–Trinajstić information content (AvgIpc) is 2.49. The Balaban J connectivity index is 2.11. The third kappa shape index (κ3) is 2.37. The molecule has 3 rings (SSSR count). The summed E-state index contributed by atoms with van der Waals surface area (Å²) in [5.74, 6) is -0.991. The second kappa shape index (κ2) is 5.39. The second-order valence-electron chi connectivity index (χ2n) is 4.97. The molecule has 0 bridgehead atoms. The van der Waals surface area contributed by atoms with Gasteiger partial charge in [-0.25, -0.2) is 4.79 Å². The van der Waals surface area contributed by atoms with Gasteiger partial charge >= 0.3 is 5.97 Å². The molecule has 0 aromatic heterocycles. The van der Waals surface area contributed by atoms with Crippen molar-refractivity contribution in [2.24, 2.45) is 0 Å². The number of fused-ring (bicyclic) bond motifs is 1. The van der Waals surface area contributed by atoms with Crippen molar-refractivity contribution in [1.29, 1.82) is 0 Å². The van der Waals surface area contributed by atoms with E-state index in [1.165, 1.54) is 0 Å². The number of carboxylic acid groups (broad SMARTS) is 1. The Morgan fingerprint density at radius 2 is 1.90 bits per heavy atom. The third-order valence-corrected chi connectivity index (χ3v) is 3.97. The Bertz CT molecular complexity index is 689. The molecule has 108 valence electrons. The normalized spacial score (nSPS) is 20.6. The zero-order chi connectivity index (χ0) is 14.9. The first-order valence-electron chi connectivity index (χ1n) is 6.56. The Labute approximate surface area is 127 Å². The van der Waals surface area contributed by atoms with Gasteiger partial charge in [-0.3, -0.25) is 0 Å². The van der Waals surface area contributed by atoms with Gasteiger partial charge in [0.1, 0.15) is 0 Å². The van der Waals surface area contributed by atoms with Gasteiger partial charge in [-0.05, 0) is 23.3 Å². The number of aliphatic carboxylic acids is 1. The smallest absolute Gasteiger partial charge is 0.336 e. The Kier molecular flexibility index (Phi) is 3.57. The van der Waals surface area contributed by atoms with Gasteiger partial charge in [0, 0.05) is 0 Å². The molecule has 0 amide bonds. The molecule has 4 nitrogen and oxygen atoms in total. The highest BCUT2D eigenvalue weighted by molar-refractivity contribution is 6.33. The summed E-state index contributed by atoms with van der Waals surface area (Å²) in [7, 11) is 0. The highest BCUT2D eigenvalue weighted by Crippen LogP contribution is 2.36. The molecule has 21 heavy (non-hydrogen) atoms. The largest absolute Gasteiger partial charge is 0.479 e. The number of hydrogen-bond acceptors (Lipinski definition) is 3. The van der Waals surface area contributed by atoms with E-state index in [1.54, 1.807) is 24.3 Å². The van der Waals surface area contributed by atoms with E-state index in [2.05, 4.69) is 5.32 Å². The van der Waals surface area contributed by atoms with Crippen LogP contribution < -0.4 is 5.32 Å². The Morgan fingerprint density at radius 1 is 1.19 bits per heavy atom. The Morgan fingerprint density at radius 3 is 2.67 bits per heavy atom. The lowest BCUT2D eigenvalue weighted by Gasteiger charge is -2.36. The monoisotopic (exact) mass is 303 g/mol. The van der Waals surface area contributed by atoms with Crippen LogP contribution in [0.15, 0.2) is 48.5 Å². The molecule has 2 N–H and O–H groups in total. The van der Waals surface area contributed by atoms with Crippen molar-refractivity contribution in [3.05, 3.63) is 64.7 Å². The van der Waals surface area contributed by atoms with E-state index in [9.17, 15) is 9.90 Å². The number of para-hydroxylation sites is 1. The van der Waals surface area contributed by atoms with Crippen LogP contribution in [0.1, 0.15) is 11.1 Å². The zero-order valence-electron chi connectivity index (χ0n) is 11.2. The number of carbonyl (C=O) groups is 1. The van der Waals surface area contributed by atoms with Crippen molar-refractivity contribution >= 4 is 23.3 Å². The van der Waals surface area contributed by atoms with Crippen LogP contribution in [0.2, 0.25) is 5.02 Å². The highest BCUT2D eigenvalue weighted by Gasteiger charge is 2.45. The molecule has 2 aromatic rings. The molecule has 1 aliphatic heterocycles. The van der Waals surface area contributed by atoms with E-state index in [1.807, 2.05) is 24.3 Å². The molecular formula is C16H14ClNO3. The fraction of sp³-hybridized carbons (Fsp3) is 0.188. The summed E-state index contributed by atoms with van der Waals surface area (Å²) >= 11 is 6.14. The minimum Gasteiger partial charge on any atom is -0.479 e. The number of anilines is 1. The molecule has 0 saturated heterocycles.